The number of benzene rings is 1. The van der Waals surface area contributed by atoms with Crippen LogP contribution in [0.25, 0.3) is 0 Å². The fraction of sp³-hybridized carbons (Fsp3) is 0.200. The zero-order valence-corrected chi connectivity index (χ0v) is 18.0. The molecule has 0 spiro atoms. The van der Waals surface area contributed by atoms with Gasteiger partial charge in [-0.25, -0.2) is 0 Å². The van der Waals surface area contributed by atoms with Crippen molar-refractivity contribution in [2.24, 2.45) is 0 Å². The number of halogens is 3. The van der Waals surface area contributed by atoms with Gasteiger partial charge in [-0.15, -0.1) is 5.56 Å². The quantitative estimate of drug-likeness (QED) is 0.475. The van der Waals surface area contributed by atoms with Crippen LogP contribution in [0.1, 0.15) is 27.2 Å². The first-order chi connectivity index (χ1) is 13.9. The van der Waals surface area contributed by atoms with Gasteiger partial charge in [-0.2, -0.15) is 13.2 Å². The Hall–Kier alpha value is -2.85. The smallest absolute Gasteiger partial charge is 0.374 e. The molecule has 0 atom stereocenters. The van der Waals surface area contributed by atoms with Gasteiger partial charge in [0.15, 0.2) is 0 Å². The Labute approximate surface area is 183 Å². The third kappa shape index (κ3) is 4.82. The van der Waals surface area contributed by atoms with Crippen LogP contribution in [0.5, 0.6) is 0 Å². The fourth-order valence-corrected chi connectivity index (χ4v) is 3.14. The summed E-state index contributed by atoms with van der Waals surface area (Å²) in [6.45, 7) is 1.27. The molecule has 1 N–H and O–H groups in total. The summed E-state index contributed by atoms with van der Waals surface area (Å²) in [5.74, 6) is -0.533. The van der Waals surface area contributed by atoms with Crippen LogP contribution >= 0.6 is 0 Å². The number of carbonyl (C=O) groups excluding carboxylic acids is 1. The molecule has 1 amide bonds. The van der Waals surface area contributed by atoms with Crippen molar-refractivity contribution in [2.45, 2.75) is 19.1 Å². The maximum absolute atomic E-state index is 12.9. The summed E-state index contributed by atoms with van der Waals surface area (Å²) in [7, 11) is 0. The number of anilines is 2. The maximum atomic E-state index is 12.9. The molecule has 1 aromatic carbocycles. The van der Waals surface area contributed by atoms with E-state index in [-0.39, 0.29) is 31.0 Å². The molecule has 10 heteroatoms. The molecule has 30 heavy (non-hydrogen) atoms. The number of hydrogen-bond donors (Lipinski definition) is 1. The van der Waals surface area contributed by atoms with E-state index in [1.165, 1.54) is 18.3 Å². The molecule has 0 saturated carbocycles. The van der Waals surface area contributed by atoms with Crippen LogP contribution in [0.2, 0.25) is 0 Å². The van der Waals surface area contributed by atoms with E-state index in [1.807, 2.05) is 4.90 Å². The van der Waals surface area contributed by atoms with Crippen molar-refractivity contribution in [1.82, 2.24) is 15.0 Å². The molecule has 1 aliphatic rings. The van der Waals surface area contributed by atoms with Crippen molar-refractivity contribution in [1.29, 1.82) is 0 Å². The van der Waals surface area contributed by atoms with Crippen molar-refractivity contribution >= 4 is 17.3 Å². The van der Waals surface area contributed by atoms with Crippen molar-refractivity contribution in [2.75, 3.05) is 16.8 Å². The van der Waals surface area contributed by atoms with Gasteiger partial charge in [-0.1, -0.05) is 18.0 Å². The van der Waals surface area contributed by atoms with E-state index in [1.54, 1.807) is 18.5 Å². The molecule has 0 fully saturated rings. The van der Waals surface area contributed by atoms with Crippen LogP contribution < -0.4 is 10.2 Å². The first-order valence-corrected chi connectivity index (χ1v) is 8.79. The summed E-state index contributed by atoms with van der Waals surface area (Å²) < 4.78 is 38.6. The van der Waals surface area contributed by atoms with Gasteiger partial charge in [0.25, 0.3) is 5.91 Å². The Morgan fingerprint density at radius 2 is 2.00 bits per heavy atom. The van der Waals surface area contributed by atoms with Crippen LogP contribution in [0.15, 0.2) is 48.9 Å². The number of fused-ring (bicyclic) bond motifs is 1. The van der Waals surface area contributed by atoms with E-state index in [9.17, 15) is 18.0 Å². The van der Waals surface area contributed by atoms with E-state index < -0.39 is 17.6 Å². The molecule has 3 aromatic rings. The molecular formula is C20H15F3N5OOs. The molecule has 0 aliphatic carbocycles. The third-order valence-corrected chi connectivity index (χ3v) is 4.61. The van der Waals surface area contributed by atoms with Crippen LogP contribution in [-0.4, -0.2) is 27.4 Å². The van der Waals surface area contributed by atoms with E-state index in [4.69, 9.17) is 0 Å². The molecule has 1 aliphatic heterocycles. The molecule has 3 heterocycles. The molecule has 4 rings (SSSR count). The van der Waals surface area contributed by atoms with Crippen molar-refractivity contribution in [3.63, 3.8) is 0 Å². The number of rotatable bonds is 3. The zero-order valence-electron chi connectivity index (χ0n) is 15.4. The van der Waals surface area contributed by atoms with Gasteiger partial charge in [0.2, 0.25) is 0 Å². The van der Waals surface area contributed by atoms with Crippen LogP contribution in [-0.2, 0) is 38.9 Å². The minimum atomic E-state index is -4.48. The van der Waals surface area contributed by atoms with Crippen LogP contribution in [0.4, 0.5) is 24.5 Å². The normalized spacial score (nSPS) is 13.2. The maximum Gasteiger partial charge on any atom is 1.00 e. The Kier molecular flexibility index (Phi) is 6.47. The number of amides is 1. The number of carbonyl (C=O) groups is 1. The third-order valence-electron chi connectivity index (χ3n) is 4.61. The summed E-state index contributed by atoms with van der Waals surface area (Å²) in [4.78, 5) is 26.8. The summed E-state index contributed by atoms with van der Waals surface area (Å²) in [5.41, 5.74) is 2.16. The van der Waals surface area contributed by atoms with E-state index >= 15 is 0 Å². The summed E-state index contributed by atoms with van der Waals surface area (Å²) in [6.07, 6.45) is 3.55. The predicted octanol–water partition coefficient (Wildman–Crippen LogP) is 3.50. The van der Waals surface area contributed by atoms with Gasteiger partial charge in [0, 0.05) is 31.3 Å². The standard InChI is InChI=1S/C20H15F3N5O.Os/c21-20(22,23)15-2-1-3-16(7-15)27-19(29)13-6-17(10-24-8-13)28-5-4-18-14(11-28)9-25-12-26-18;/h1-3,6-10H,4-5,11H2,(H,27,29);/q-1;+1. The molecule has 6 nitrogen and oxygen atoms in total. The average molecular weight is 589 g/mol. The Morgan fingerprint density at radius 3 is 2.80 bits per heavy atom. The number of nitrogens with zero attached hydrogens (tertiary/aromatic N) is 4. The van der Waals surface area contributed by atoms with Crippen molar-refractivity contribution in [3.8, 4) is 0 Å². The number of aromatic nitrogens is 3. The predicted molar refractivity (Wildman–Crippen MR) is 99.3 cm³/mol. The molecule has 0 saturated heterocycles. The summed E-state index contributed by atoms with van der Waals surface area (Å²) in [6, 6.07) is 6.17. The molecule has 1 radical (unpaired) electrons. The first kappa shape index (κ1) is 21.8. The first-order valence-electron chi connectivity index (χ1n) is 8.79. The monoisotopic (exact) mass is 590 g/mol. The second-order valence-electron chi connectivity index (χ2n) is 6.58. The van der Waals surface area contributed by atoms with Gasteiger partial charge < -0.3 is 20.2 Å². The van der Waals surface area contributed by atoms with Gasteiger partial charge >= 0.3 is 26.0 Å². The molecular weight excluding hydrogens is 573 g/mol. The van der Waals surface area contributed by atoms with Gasteiger partial charge in [0.1, 0.15) is 0 Å². The molecule has 0 unspecified atom stereocenters. The van der Waals surface area contributed by atoms with Gasteiger partial charge in [-0.05, 0) is 30.7 Å². The second-order valence-corrected chi connectivity index (χ2v) is 6.58. The van der Waals surface area contributed by atoms with Crippen molar-refractivity contribution in [3.05, 3.63) is 77.6 Å². The topological polar surface area (TPSA) is 71.0 Å². The molecule has 0 bridgehead atoms. The second kappa shape index (κ2) is 8.88. The van der Waals surface area contributed by atoms with Crippen LogP contribution in [0.3, 0.4) is 0 Å². The number of pyridine rings is 1. The molecule has 155 valence electrons. The minimum Gasteiger partial charge on any atom is -0.374 e. The number of nitrogens with one attached hydrogen (secondary N) is 1. The van der Waals surface area contributed by atoms with Gasteiger partial charge in [0.05, 0.1) is 23.0 Å². The number of alkyl halides is 3. The Balaban J connectivity index is 0.00000256. The van der Waals surface area contributed by atoms with Gasteiger partial charge in [-0.3, -0.25) is 9.78 Å². The summed E-state index contributed by atoms with van der Waals surface area (Å²) in [5, 5.41) is 2.49. The largest absolute Gasteiger partial charge is 1.00 e. The number of hydrogen-bond acceptors (Lipinski definition) is 5. The minimum absolute atomic E-state index is 0. The summed E-state index contributed by atoms with van der Waals surface area (Å²) >= 11 is 0. The Morgan fingerprint density at radius 1 is 1.17 bits per heavy atom. The zero-order chi connectivity index (χ0) is 20.4. The van der Waals surface area contributed by atoms with Crippen molar-refractivity contribution < 1.29 is 37.8 Å². The van der Waals surface area contributed by atoms with E-state index in [0.717, 1.165) is 35.5 Å². The average Bonchev–Trinajstić information content (AvgIpc) is 2.73. The van der Waals surface area contributed by atoms with E-state index in [0.29, 0.717) is 13.1 Å². The fourth-order valence-electron chi connectivity index (χ4n) is 3.14. The van der Waals surface area contributed by atoms with Crippen LogP contribution in [0, 0.1) is 6.33 Å². The molecule has 2 aromatic heterocycles. The SMILES string of the molecule is O=C(Nc1cccc(C(F)(F)F)c1)c1cncc(N2CCc3n[c-]ncc3C2)c1.[Os+]. The van der Waals surface area contributed by atoms with E-state index in [2.05, 4.69) is 26.6 Å². The Bertz CT molecular complexity index is 1060.